The summed E-state index contributed by atoms with van der Waals surface area (Å²) in [6.07, 6.45) is 1.24. The van der Waals surface area contributed by atoms with Gasteiger partial charge in [-0.2, -0.15) is 0 Å². The highest BCUT2D eigenvalue weighted by Gasteiger charge is 2.25. The zero-order valence-corrected chi connectivity index (χ0v) is 12.0. The van der Waals surface area contributed by atoms with Gasteiger partial charge >= 0.3 is 0 Å². The van der Waals surface area contributed by atoms with Crippen molar-refractivity contribution < 1.29 is 9.90 Å². The quantitative estimate of drug-likeness (QED) is 0.875. The molecule has 1 unspecified atom stereocenters. The van der Waals surface area contributed by atoms with Gasteiger partial charge in [-0.25, -0.2) is 0 Å². The second-order valence-electron chi connectivity index (χ2n) is 4.08. The van der Waals surface area contributed by atoms with Crippen LogP contribution in [0.15, 0.2) is 6.07 Å². The molecule has 1 amide bonds. The summed E-state index contributed by atoms with van der Waals surface area (Å²) >= 11 is 12.9. The molecule has 17 heavy (non-hydrogen) atoms. The molecule has 1 rings (SSSR count). The highest BCUT2D eigenvalue weighted by atomic mass is 35.5. The molecule has 0 fully saturated rings. The van der Waals surface area contributed by atoms with E-state index in [1.54, 1.807) is 6.07 Å². The number of thiophene rings is 1. The summed E-state index contributed by atoms with van der Waals surface area (Å²) in [6.45, 7) is 3.88. The Hall–Kier alpha value is -0.290. The molecule has 0 aromatic carbocycles. The Morgan fingerprint density at radius 3 is 2.65 bits per heavy atom. The first kappa shape index (κ1) is 14.8. The summed E-state index contributed by atoms with van der Waals surface area (Å²) in [5.41, 5.74) is -0.0388. The molecule has 0 spiro atoms. The van der Waals surface area contributed by atoms with E-state index >= 15 is 0 Å². The van der Waals surface area contributed by atoms with Crippen LogP contribution in [-0.2, 0) is 0 Å². The number of halogens is 2. The predicted molar refractivity (Wildman–Crippen MR) is 72.2 cm³/mol. The van der Waals surface area contributed by atoms with Crippen molar-refractivity contribution in [3.63, 3.8) is 0 Å². The van der Waals surface area contributed by atoms with Gasteiger partial charge in [-0.05, 0) is 25.8 Å². The molecule has 0 aliphatic carbocycles. The average Bonchev–Trinajstić information content (AvgIpc) is 2.58. The van der Waals surface area contributed by atoms with Gasteiger partial charge in [0.25, 0.3) is 5.91 Å². The minimum Gasteiger partial charge on any atom is -0.396 e. The van der Waals surface area contributed by atoms with Crippen LogP contribution < -0.4 is 5.32 Å². The number of hydrogen-bond donors (Lipinski definition) is 2. The Morgan fingerprint density at radius 1 is 1.59 bits per heavy atom. The van der Waals surface area contributed by atoms with Gasteiger partial charge in [0.05, 0.1) is 9.90 Å². The van der Waals surface area contributed by atoms with Gasteiger partial charge in [0.1, 0.15) is 4.34 Å². The lowest BCUT2D eigenvalue weighted by Crippen LogP contribution is -2.46. The largest absolute Gasteiger partial charge is 0.396 e. The maximum Gasteiger partial charge on any atom is 0.254 e. The van der Waals surface area contributed by atoms with Gasteiger partial charge in [-0.15, -0.1) is 11.3 Å². The van der Waals surface area contributed by atoms with Gasteiger partial charge in [0.2, 0.25) is 0 Å². The molecule has 1 aromatic rings. The zero-order valence-electron chi connectivity index (χ0n) is 9.72. The van der Waals surface area contributed by atoms with Crippen LogP contribution in [0.1, 0.15) is 37.0 Å². The number of nitrogens with one attached hydrogen (secondary N) is 1. The Bertz CT molecular complexity index is 408. The standard InChI is InChI=1S/C11H15Cl2NO2S/c1-3-11(2,4-5-15)14-10(16)7-6-8(12)17-9(7)13/h6,15H,3-5H2,1-2H3,(H,14,16). The third-order valence-electron chi connectivity index (χ3n) is 2.76. The third kappa shape index (κ3) is 3.85. The second-order valence-corrected chi connectivity index (χ2v) is 6.37. The Kier molecular flexibility index (Phi) is 5.25. The molecule has 1 aromatic heterocycles. The molecule has 0 saturated heterocycles. The number of carbonyl (C=O) groups is 1. The number of aliphatic hydroxyl groups excluding tert-OH is 1. The summed E-state index contributed by atoms with van der Waals surface area (Å²) in [6, 6.07) is 1.55. The molecular weight excluding hydrogens is 281 g/mol. The molecule has 1 heterocycles. The molecule has 0 radical (unpaired) electrons. The molecule has 0 aliphatic rings. The molecule has 0 aliphatic heterocycles. The predicted octanol–water partition coefficient (Wildman–Crippen LogP) is 3.34. The van der Waals surface area contributed by atoms with E-state index in [9.17, 15) is 4.79 Å². The van der Waals surface area contributed by atoms with Crippen LogP contribution >= 0.6 is 34.5 Å². The number of hydrogen-bond acceptors (Lipinski definition) is 3. The fourth-order valence-corrected chi connectivity index (χ4v) is 2.87. The maximum atomic E-state index is 12.0. The van der Waals surface area contributed by atoms with Crippen molar-refractivity contribution in [1.82, 2.24) is 5.32 Å². The molecule has 0 bridgehead atoms. The first-order chi connectivity index (χ1) is 7.91. The van der Waals surface area contributed by atoms with E-state index in [1.807, 2.05) is 13.8 Å². The minimum atomic E-state index is -0.427. The third-order valence-corrected chi connectivity index (χ3v) is 4.25. The van der Waals surface area contributed by atoms with Crippen LogP contribution in [0.4, 0.5) is 0 Å². The molecule has 96 valence electrons. The monoisotopic (exact) mass is 295 g/mol. The first-order valence-electron chi connectivity index (χ1n) is 5.30. The first-order valence-corrected chi connectivity index (χ1v) is 6.87. The molecular formula is C11H15Cl2NO2S. The molecule has 3 nitrogen and oxygen atoms in total. The summed E-state index contributed by atoms with van der Waals surface area (Å²) in [5.74, 6) is -0.254. The Balaban J connectivity index is 2.81. The van der Waals surface area contributed by atoms with E-state index in [1.165, 1.54) is 11.3 Å². The van der Waals surface area contributed by atoms with Crippen LogP contribution in [0.3, 0.4) is 0 Å². The van der Waals surface area contributed by atoms with E-state index < -0.39 is 5.54 Å². The van der Waals surface area contributed by atoms with Crippen LogP contribution in [-0.4, -0.2) is 23.2 Å². The molecule has 0 saturated carbocycles. The van der Waals surface area contributed by atoms with Crippen molar-refractivity contribution in [2.75, 3.05) is 6.61 Å². The fourth-order valence-electron chi connectivity index (χ4n) is 1.41. The topological polar surface area (TPSA) is 49.3 Å². The second kappa shape index (κ2) is 6.05. The normalized spacial score (nSPS) is 14.4. The molecule has 6 heteroatoms. The van der Waals surface area contributed by atoms with E-state index in [4.69, 9.17) is 28.3 Å². The zero-order chi connectivity index (χ0) is 13.1. The van der Waals surface area contributed by atoms with Crippen molar-refractivity contribution in [3.8, 4) is 0 Å². The van der Waals surface area contributed by atoms with Gasteiger partial charge in [-0.1, -0.05) is 30.1 Å². The molecule has 2 N–H and O–H groups in total. The van der Waals surface area contributed by atoms with Gasteiger partial charge in [-0.3, -0.25) is 4.79 Å². The van der Waals surface area contributed by atoms with Crippen molar-refractivity contribution in [3.05, 3.63) is 20.3 Å². The van der Waals surface area contributed by atoms with E-state index in [2.05, 4.69) is 5.32 Å². The van der Waals surface area contributed by atoms with Crippen LogP contribution in [0.5, 0.6) is 0 Å². The summed E-state index contributed by atoms with van der Waals surface area (Å²) < 4.78 is 0.871. The van der Waals surface area contributed by atoms with E-state index in [0.29, 0.717) is 20.7 Å². The average molecular weight is 296 g/mol. The van der Waals surface area contributed by atoms with Crippen LogP contribution in [0, 0.1) is 0 Å². The summed E-state index contributed by atoms with van der Waals surface area (Å²) in [7, 11) is 0. The number of carbonyl (C=O) groups excluding carboxylic acids is 1. The van der Waals surface area contributed by atoms with E-state index in [-0.39, 0.29) is 12.5 Å². The maximum absolute atomic E-state index is 12.0. The van der Waals surface area contributed by atoms with Crippen molar-refractivity contribution in [1.29, 1.82) is 0 Å². The number of rotatable bonds is 5. The number of aliphatic hydroxyl groups is 1. The highest BCUT2D eigenvalue weighted by molar-refractivity contribution is 7.20. The molecule has 1 atom stereocenters. The lowest BCUT2D eigenvalue weighted by molar-refractivity contribution is 0.0887. The summed E-state index contributed by atoms with van der Waals surface area (Å²) in [4.78, 5) is 12.0. The van der Waals surface area contributed by atoms with Crippen molar-refractivity contribution in [2.45, 2.75) is 32.2 Å². The van der Waals surface area contributed by atoms with Gasteiger partial charge < -0.3 is 10.4 Å². The summed E-state index contributed by atoms with van der Waals surface area (Å²) in [5, 5.41) is 11.9. The number of amides is 1. The van der Waals surface area contributed by atoms with Gasteiger partial charge in [0.15, 0.2) is 0 Å². The van der Waals surface area contributed by atoms with Crippen molar-refractivity contribution >= 4 is 40.4 Å². The van der Waals surface area contributed by atoms with Crippen molar-refractivity contribution in [2.24, 2.45) is 0 Å². The lowest BCUT2D eigenvalue weighted by Gasteiger charge is -2.28. The van der Waals surface area contributed by atoms with E-state index in [0.717, 1.165) is 6.42 Å². The smallest absolute Gasteiger partial charge is 0.254 e. The Morgan fingerprint density at radius 2 is 2.24 bits per heavy atom. The minimum absolute atomic E-state index is 0.0305. The SMILES string of the molecule is CCC(C)(CCO)NC(=O)c1cc(Cl)sc1Cl. The highest BCUT2D eigenvalue weighted by Crippen LogP contribution is 2.31. The lowest BCUT2D eigenvalue weighted by atomic mass is 9.94. The Labute approximate surface area is 115 Å². The van der Waals surface area contributed by atoms with Gasteiger partial charge in [0, 0.05) is 12.1 Å². The van der Waals surface area contributed by atoms with Crippen LogP contribution in [0.2, 0.25) is 8.67 Å². The fraction of sp³-hybridized carbons (Fsp3) is 0.545. The van der Waals surface area contributed by atoms with Crippen LogP contribution in [0.25, 0.3) is 0 Å².